The highest BCUT2D eigenvalue weighted by Crippen LogP contribution is 2.57. The van der Waals surface area contributed by atoms with Crippen LogP contribution in [0.15, 0.2) is 0 Å². The summed E-state index contributed by atoms with van der Waals surface area (Å²) in [6.07, 6.45) is 7.92. The molecule has 1 heterocycles. The SMILES string of the molecule is C[C@@H]1[C@H](C(=O)O)CCCN1C(=O)C1C2CC3CC(C2)CC1C3. The minimum absolute atomic E-state index is 0.143. The summed E-state index contributed by atoms with van der Waals surface area (Å²) >= 11 is 0. The molecule has 5 rings (SSSR count). The highest BCUT2D eigenvalue weighted by atomic mass is 16.4. The average Bonchev–Trinajstić information content (AvgIpc) is 2.45. The van der Waals surface area contributed by atoms with Gasteiger partial charge in [0.05, 0.1) is 5.92 Å². The van der Waals surface area contributed by atoms with Crippen LogP contribution < -0.4 is 0 Å². The Balaban J connectivity index is 1.53. The molecule has 4 aliphatic carbocycles. The van der Waals surface area contributed by atoms with E-state index >= 15 is 0 Å². The van der Waals surface area contributed by atoms with Crippen molar-refractivity contribution in [1.82, 2.24) is 4.90 Å². The Morgan fingerprint density at radius 2 is 1.59 bits per heavy atom. The van der Waals surface area contributed by atoms with Crippen LogP contribution in [0.2, 0.25) is 0 Å². The third-order valence-corrected chi connectivity index (χ3v) is 7.10. The van der Waals surface area contributed by atoms with Gasteiger partial charge in [-0.25, -0.2) is 0 Å². The molecule has 5 aliphatic rings. The summed E-state index contributed by atoms with van der Waals surface area (Å²) in [6, 6.07) is -0.143. The van der Waals surface area contributed by atoms with Crippen molar-refractivity contribution in [1.29, 1.82) is 0 Å². The maximum atomic E-state index is 13.2. The van der Waals surface area contributed by atoms with Crippen molar-refractivity contribution in [3.8, 4) is 0 Å². The van der Waals surface area contributed by atoms with E-state index in [1.54, 1.807) is 0 Å². The molecule has 5 fully saturated rings. The molecule has 2 atom stereocenters. The topological polar surface area (TPSA) is 57.6 Å². The number of piperidine rings is 1. The molecule has 1 aliphatic heterocycles. The lowest BCUT2D eigenvalue weighted by molar-refractivity contribution is -0.158. The lowest BCUT2D eigenvalue weighted by atomic mass is 9.51. The minimum Gasteiger partial charge on any atom is -0.481 e. The Labute approximate surface area is 132 Å². The fourth-order valence-electron chi connectivity index (χ4n) is 6.30. The van der Waals surface area contributed by atoms with Gasteiger partial charge >= 0.3 is 5.97 Å². The smallest absolute Gasteiger partial charge is 0.308 e. The van der Waals surface area contributed by atoms with Gasteiger partial charge < -0.3 is 10.0 Å². The monoisotopic (exact) mass is 305 g/mol. The molecule has 0 radical (unpaired) electrons. The van der Waals surface area contributed by atoms with E-state index < -0.39 is 5.97 Å². The molecule has 0 spiro atoms. The Morgan fingerprint density at radius 3 is 2.14 bits per heavy atom. The van der Waals surface area contributed by atoms with Gasteiger partial charge in [0.2, 0.25) is 5.91 Å². The number of carboxylic acid groups (broad SMARTS) is 1. The number of rotatable bonds is 2. The molecule has 122 valence electrons. The van der Waals surface area contributed by atoms with Crippen molar-refractivity contribution in [3.63, 3.8) is 0 Å². The molecule has 1 N–H and O–H groups in total. The number of carboxylic acids is 1. The van der Waals surface area contributed by atoms with Crippen LogP contribution >= 0.6 is 0 Å². The predicted molar refractivity (Wildman–Crippen MR) is 82.1 cm³/mol. The first-order valence-corrected chi connectivity index (χ1v) is 9.08. The van der Waals surface area contributed by atoms with Crippen LogP contribution in [0, 0.1) is 35.5 Å². The Kier molecular flexibility index (Phi) is 3.46. The molecule has 4 saturated carbocycles. The number of nitrogens with zero attached hydrogens (tertiary/aromatic N) is 1. The van der Waals surface area contributed by atoms with Crippen LogP contribution in [0.5, 0.6) is 0 Å². The fraction of sp³-hybridized carbons (Fsp3) is 0.889. The van der Waals surface area contributed by atoms with Crippen molar-refractivity contribution in [2.45, 2.75) is 57.9 Å². The largest absolute Gasteiger partial charge is 0.481 e. The molecular formula is C18H27NO3. The van der Waals surface area contributed by atoms with Gasteiger partial charge in [-0.1, -0.05) is 0 Å². The van der Waals surface area contributed by atoms with Gasteiger partial charge in [-0.15, -0.1) is 0 Å². The first kappa shape index (κ1) is 14.5. The fourth-order valence-corrected chi connectivity index (χ4v) is 6.30. The average molecular weight is 305 g/mol. The standard InChI is InChI=1S/C18H27NO3/c1-10-15(18(21)22)3-2-4-19(10)17(20)16-13-6-11-5-12(8-13)9-14(16)7-11/h10-16H,2-9H2,1H3,(H,21,22)/t10-,11?,12?,13?,14?,15-,16?/m1/s1. The zero-order chi connectivity index (χ0) is 15.4. The van der Waals surface area contributed by atoms with Crippen molar-refractivity contribution in [3.05, 3.63) is 0 Å². The number of likely N-dealkylation sites (tertiary alicyclic amines) is 1. The van der Waals surface area contributed by atoms with Crippen molar-refractivity contribution >= 4 is 11.9 Å². The number of aliphatic carboxylic acids is 1. The predicted octanol–water partition coefficient (Wildman–Crippen LogP) is 2.77. The summed E-state index contributed by atoms with van der Waals surface area (Å²) in [6.45, 7) is 2.69. The molecule has 0 aromatic heterocycles. The molecule has 22 heavy (non-hydrogen) atoms. The van der Waals surface area contributed by atoms with Gasteiger partial charge in [0.15, 0.2) is 0 Å². The molecule has 4 bridgehead atoms. The van der Waals surface area contributed by atoms with Crippen molar-refractivity contribution in [2.75, 3.05) is 6.54 Å². The van der Waals surface area contributed by atoms with Gasteiger partial charge in [0.25, 0.3) is 0 Å². The van der Waals surface area contributed by atoms with E-state index in [0.29, 0.717) is 18.3 Å². The maximum Gasteiger partial charge on any atom is 0.308 e. The lowest BCUT2D eigenvalue weighted by Crippen LogP contribution is -2.56. The summed E-state index contributed by atoms with van der Waals surface area (Å²) in [7, 11) is 0. The number of carbonyl (C=O) groups excluding carboxylic acids is 1. The molecule has 1 saturated heterocycles. The number of hydrogen-bond acceptors (Lipinski definition) is 2. The van der Waals surface area contributed by atoms with Crippen molar-refractivity contribution in [2.24, 2.45) is 35.5 Å². The number of amides is 1. The van der Waals surface area contributed by atoms with Crippen LogP contribution in [-0.2, 0) is 9.59 Å². The lowest BCUT2D eigenvalue weighted by Gasteiger charge is -2.55. The number of hydrogen-bond donors (Lipinski definition) is 1. The second kappa shape index (κ2) is 5.24. The Hall–Kier alpha value is -1.06. The summed E-state index contributed by atoms with van der Waals surface area (Å²) in [4.78, 5) is 26.5. The first-order chi connectivity index (χ1) is 10.5. The highest BCUT2D eigenvalue weighted by Gasteiger charge is 2.52. The quantitative estimate of drug-likeness (QED) is 0.853. The summed E-state index contributed by atoms with van der Waals surface area (Å²) < 4.78 is 0. The summed E-state index contributed by atoms with van der Waals surface area (Å²) in [5, 5.41) is 9.38. The zero-order valence-corrected chi connectivity index (χ0v) is 13.4. The molecule has 0 aromatic rings. The summed E-state index contributed by atoms with van der Waals surface area (Å²) in [5.74, 6) is 2.27. The van der Waals surface area contributed by atoms with Crippen LogP contribution in [0.1, 0.15) is 51.9 Å². The normalized spacial score (nSPS) is 46.8. The van der Waals surface area contributed by atoms with E-state index in [9.17, 15) is 14.7 Å². The van der Waals surface area contributed by atoms with Gasteiger partial charge in [0.1, 0.15) is 0 Å². The van der Waals surface area contributed by atoms with E-state index in [4.69, 9.17) is 0 Å². The maximum absolute atomic E-state index is 13.2. The minimum atomic E-state index is -0.741. The third-order valence-electron chi connectivity index (χ3n) is 7.10. The second-order valence-corrected chi connectivity index (χ2v) is 8.32. The molecule has 4 nitrogen and oxygen atoms in total. The highest BCUT2D eigenvalue weighted by molar-refractivity contribution is 5.81. The zero-order valence-electron chi connectivity index (χ0n) is 13.4. The van der Waals surface area contributed by atoms with Gasteiger partial charge in [-0.3, -0.25) is 9.59 Å². The molecule has 0 unspecified atom stereocenters. The molecule has 0 aromatic carbocycles. The van der Waals surface area contributed by atoms with Crippen LogP contribution in [-0.4, -0.2) is 34.5 Å². The molecule has 4 heteroatoms. The van der Waals surface area contributed by atoms with E-state index in [1.165, 1.54) is 32.1 Å². The molecule has 1 amide bonds. The van der Waals surface area contributed by atoms with E-state index in [2.05, 4.69) is 0 Å². The van der Waals surface area contributed by atoms with Crippen LogP contribution in [0.3, 0.4) is 0 Å². The van der Waals surface area contributed by atoms with E-state index in [-0.39, 0.29) is 23.8 Å². The van der Waals surface area contributed by atoms with Crippen LogP contribution in [0.4, 0.5) is 0 Å². The second-order valence-electron chi connectivity index (χ2n) is 8.32. The van der Waals surface area contributed by atoms with Gasteiger partial charge in [-0.05, 0) is 75.5 Å². The third kappa shape index (κ3) is 2.17. The Bertz CT molecular complexity index is 461. The van der Waals surface area contributed by atoms with Crippen LogP contribution in [0.25, 0.3) is 0 Å². The van der Waals surface area contributed by atoms with Gasteiger partial charge in [0, 0.05) is 18.5 Å². The van der Waals surface area contributed by atoms with E-state index in [1.807, 2.05) is 11.8 Å². The summed E-state index contributed by atoms with van der Waals surface area (Å²) in [5.41, 5.74) is 0. The number of carbonyl (C=O) groups is 2. The first-order valence-electron chi connectivity index (χ1n) is 9.08. The van der Waals surface area contributed by atoms with Crippen molar-refractivity contribution < 1.29 is 14.7 Å². The van der Waals surface area contributed by atoms with Gasteiger partial charge in [-0.2, -0.15) is 0 Å². The Morgan fingerprint density at radius 1 is 1.00 bits per heavy atom. The van der Waals surface area contributed by atoms with E-state index in [0.717, 1.165) is 24.8 Å². The molecular weight excluding hydrogens is 278 g/mol.